The van der Waals surface area contributed by atoms with Crippen LogP contribution in [0.4, 0.5) is 0 Å². The lowest BCUT2D eigenvalue weighted by Gasteiger charge is -2.25. The first kappa shape index (κ1) is 16.3. The number of rotatable bonds is 7. The van der Waals surface area contributed by atoms with Crippen molar-refractivity contribution in [3.63, 3.8) is 0 Å². The van der Waals surface area contributed by atoms with Gasteiger partial charge in [0, 0.05) is 13.1 Å². The molecule has 1 amide bonds. The van der Waals surface area contributed by atoms with E-state index in [1.165, 1.54) is 12.1 Å². The molecule has 5 heteroatoms. The molecule has 1 rings (SSSR count). The van der Waals surface area contributed by atoms with Gasteiger partial charge in [0.1, 0.15) is 0 Å². The number of nitrogens with zero attached hydrogens (tertiary/aromatic N) is 1. The third-order valence-electron chi connectivity index (χ3n) is 3.11. The maximum absolute atomic E-state index is 12.3. The molecule has 0 spiro atoms. The molecule has 0 unspecified atom stereocenters. The van der Waals surface area contributed by atoms with E-state index in [4.69, 9.17) is 5.73 Å². The number of nitrogens with two attached hydrogens (primary N) is 1. The normalized spacial score (nSPS) is 12.2. The van der Waals surface area contributed by atoms with Crippen LogP contribution >= 0.6 is 0 Å². The number of hydrogen-bond acceptors (Lipinski definition) is 4. The van der Waals surface area contributed by atoms with E-state index in [-0.39, 0.29) is 17.4 Å². The summed E-state index contributed by atoms with van der Waals surface area (Å²) >= 11 is 0. The van der Waals surface area contributed by atoms with Crippen LogP contribution in [0.3, 0.4) is 0 Å². The van der Waals surface area contributed by atoms with Gasteiger partial charge in [-0.05, 0) is 37.0 Å². The largest absolute Gasteiger partial charge is 0.504 e. The van der Waals surface area contributed by atoms with Crippen LogP contribution in [-0.4, -0.2) is 40.2 Å². The smallest absolute Gasteiger partial charge is 0.239 e. The monoisotopic (exact) mass is 280 g/mol. The van der Waals surface area contributed by atoms with Crippen LogP contribution in [0.25, 0.3) is 0 Å². The van der Waals surface area contributed by atoms with Gasteiger partial charge in [0.2, 0.25) is 5.91 Å². The second-order valence-corrected chi connectivity index (χ2v) is 4.96. The second kappa shape index (κ2) is 7.75. The zero-order chi connectivity index (χ0) is 15.1. The van der Waals surface area contributed by atoms with Crippen LogP contribution in [0.1, 0.15) is 32.3 Å². The molecule has 0 saturated carbocycles. The Kier molecular flexibility index (Phi) is 6.31. The summed E-state index contributed by atoms with van der Waals surface area (Å²) in [6.07, 6.45) is 2.15. The van der Waals surface area contributed by atoms with Crippen molar-refractivity contribution in [2.45, 2.75) is 39.2 Å². The fraction of sp³-hybridized carbons (Fsp3) is 0.533. The highest BCUT2D eigenvalue weighted by atomic mass is 16.3. The Morgan fingerprint density at radius 2 is 1.80 bits per heavy atom. The maximum atomic E-state index is 12.3. The fourth-order valence-electron chi connectivity index (χ4n) is 2.14. The molecule has 5 nitrogen and oxygen atoms in total. The van der Waals surface area contributed by atoms with Crippen molar-refractivity contribution >= 4 is 5.91 Å². The Morgan fingerprint density at radius 3 is 2.30 bits per heavy atom. The van der Waals surface area contributed by atoms with Crippen molar-refractivity contribution in [3.05, 3.63) is 23.8 Å². The number of hydrogen-bond donors (Lipinski definition) is 3. The summed E-state index contributed by atoms with van der Waals surface area (Å²) in [6.45, 7) is 5.47. The van der Waals surface area contributed by atoms with E-state index in [0.29, 0.717) is 19.5 Å². The summed E-state index contributed by atoms with van der Waals surface area (Å²) in [5.41, 5.74) is 6.69. The Labute approximate surface area is 120 Å². The molecule has 0 bridgehead atoms. The van der Waals surface area contributed by atoms with E-state index in [1.54, 1.807) is 11.0 Å². The van der Waals surface area contributed by atoms with Crippen molar-refractivity contribution in [1.82, 2.24) is 4.90 Å². The van der Waals surface area contributed by atoms with E-state index < -0.39 is 6.04 Å². The molecular weight excluding hydrogens is 256 g/mol. The predicted octanol–water partition coefficient (Wildman–Crippen LogP) is 1.62. The minimum Gasteiger partial charge on any atom is -0.504 e. The molecule has 0 aliphatic carbocycles. The Hall–Kier alpha value is -1.75. The number of carbonyl (C=O) groups excluding carboxylic acids is 1. The van der Waals surface area contributed by atoms with Gasteiger partial charge < -0.3 is 20.8 Å². The first-order valence-corrected chi connectivity index (χ1v) is 7.04. The topological polar surface area (TPSA) is 86.8 Å². The number of amides is 1. The maximum Gasteiger partial charge on any atom is 0.239 e. The van der Waals surface area contributed by atoms with Gasteiger partial charge in [-0.25, -0.2) is 0 Å². The number of carbonyl (C=O) groups is 1. The van der Waals surface area contributed by atoms with E-state index in [9.17, 15) is 15.0 Å². The number of benzene rings is 1. The first-order chi connectivity index (χ1) is 9.49. The van der Waals surface area contributed by atoms with Gasteiger partial charge in [0.05, 0.1) is 6.04 Å². The van der Waals surface area contributed by atoms with Gasteiger partial charge in [-0.2, -0.15) is 0 Å². The van der Waals surface area contributed by atoms with Gasteiger partial charge in [0.15, 0.2) is 11.5 Å². The van der Waals surface area contributed by atoms with Crippen LogP contribution in [0.5, 0.6) is 11.5 Å². The molecule has 0 aliphatic rings. The molecular formula is C15H24N2O3. The molecule has 112 valence electrons. The summed E-state index contributed by atoms with van der Waals surface area (Å²) < 4.78 is 0. The predicted molar refractivity (Wildman–Crippen MR) is 78.6 cm³/mol. The SMILES string of the molecule is CCCN(CCC)C(=O)[C@@H](N)Cc1ccc(O)c(O)c1. The minimum atomic E-state index is -0.628. The van der Waals surface area contributed by atoms with Gasteiger partial charge in [0.25, 0.3) is 0 Å². The van der Waals surface area contributed by atoms with Gasteiger partial charge in [-0.3, -0.25) is 4.79 Å². The molecule has 1 aromatic carbocycles. The molecule has 0 heterocycles. The lowest BCUT2D eigenvalue weighted by molar-refractivity contribution is -0.132. The molecule has 1 atom stereocenters. The summed E-state index contributed by atoms with van der Waals surface area (Å²) in [5.74, 6) is -0.436. The number of aromatic hydroxyl groups is 2. The molecule has 0 aromatic heterocycles. The van der Waals surface area contributed by atoms with E-state index >= 15 is 0 Å². The fourth-order valence-corrected chi connectivity index (χ4v) is 2.14. The van der Waals surface area contributed by atoms with Crippen molar-refractivity contribution in [3.8, 4) is 11.5 Å². The molecule has 20 heavy (non-hydrogen) atoms. The quantitative estimate of drug-likeness (QED) is 0.662. The first-order valence-electron chi connectivity index (χ1n) is 7.04. The number of phenols is 2. The zero-order valence-corrected chi connectivity index (χ0v) is 12.2. The highest BCUT2D eigenvalue weighted by molar-refractivity contribution is 5.82. The van der Waals surface area contributed by atoms with Gasteiger partial charge >= 0.3 is 0 Å². The van der Waals surface area contributed by atoms with Crippen molar-refractivity contribution in [2.24, 2.45) is 5.73 Å². The molecule has 1 aromatic rings. The summed E-state index contributed by atoms with van der Waals surface area (Å²) in [7, 11) is 0. The molecule has 0 saturated heterocycles. The second-order valence-electron chi connectivity index (χ2n) is 4.96. The average molecular weight is 280 g/mol. The lowest BCUT2D eigenvalue weighted by atomic mass is 10.0. The summed E-state index contributed by atoms with van der Waals surface area (Å²) in [6, 6.07) is 3.87. The minimum absolute atomic E-state index is 0.0683. The van der Waals surface area contributed by atoms with E-state index in [2.05, 4.69) is 0 Å². The van der Waals surface area contributed by atoms with Crippen molar-refractivity contribution in [1.29, 1.82) is 0 Å². The zero-order valence-electron chi connectivity index (χ0n) is 12.2. The highest BCUT2D eigenvalue weighted by Crippen LogP contribution is 2.25. The van der Waals surface area contributed by atoms with Crippen LogP contribution in [-0.2, 0) is 11.2 Å². The van der Waals surface area contributed by atoms with E-state index in [1.807, 2.05) is 13.8 Å². The van der Waals surface area contributed by atoms with Crippen LogP contribution in [0.2, 0.25) is 0 Å². The Balaban J connectivity index is 2.70. The third kappa shape index (κ3) is 4.42. The van der Waals surface area contributed by atoms with E-state index in [0.717, 1.165) is 18.4 Å². The summed E-state index contributed by atoms with van der Waals surface area (Å²) in [4.78, 5) is 14.1. The number of phenolic OH excluding ortho intramolecular Hbond substituents is 2. The average Bonchev–Trinajstić information content (AvgIpc) is 2.42. The van der Waals surface area contributed by atoms with Gasteiger partial charge in [-0.15, -0.1) is 0 Å². The van der Waals surface area contributed by atoms with Crippen LogP contribution in [0, 0.1) is 0 Å². The molecule has 0 aliphatic heterocycles. The highest BCUT2D eigenvalue weighted by Gasteiger charge is 2.20. The van der Waals surface area contributed by atoms with Crippen molar-refractivity contribution < 1.29 is 15.0 Å². The summed E-state index contributed by atoms with van der Waals surface area (Å²) in [5, 5.41) is 18.7. The molecule has 4 N–H and O–H groups in total. The molecule has 0 fully saturated rings. The molecule has 0 radical (unpaired) electrons. The standard InChI is InChI=1S/C15H24N2O3/c1-3-7-17(8-4-2)15(20)12(16)9-11-5-6-13(18)14(19)10-11/h5-6,10,12,18-19H,3-4,7-9,16H2,1-2H3/t12-/m0/s1. The Bertz CT molecular complexity index is 443. The third-order valence-corrected chi connectivity index (χ3v) is 3.11. The van der Waals surface area contributed by atoms with Crippen LogP contribution < -0.4 is 5.73 Å². The Morgan fingerprint density at radius 1 is 1.20 bits per heavy atom. The van der Waals surface area contributed by atoms with Crippen LogP contribution in [0.15, 0.2) is 18.2 Å². The van der Waals surface area contributed by atoms with Crippen molar-refractivity contribution in [2.75, 3.05) is 13.1 Å². The van der Waals surface area contributed by atoms with Gasteiger partial charge in [-0.1, -0.05) is 19.9 Å². The lowest BCUT2D eigenvalue weighted by Crippen LogP contribution is -2.45.